The Morgan fingerprint density at radius 3 is 2.31 bits per heavy atom. The van der Waals surface area contributed by atoms with Crippen LogP contribution in [-0.4, -0.2) is 27.9 Å². The minimum absolute atomic E-state index is 0.0115. The molecule has 1 aromatic carbocycles. The fourth-order valence-electron chi connectivity index (χ4n) is 4.45. The zero-order chi connectivity index (χ0) is 23.4. The van der Waals surface area contributed by atoms with Crippen molar-refractivity contribution >= 4 is 16.7 Å². The minimum Gasteiger partial charge on any atom is -0.354 e. The first-order valence-electron chi connectivity index (χ1n) is 10.3. The van der Waals surface area contributed by atoms with Gasteiger partial charge in [-0.2, -0.15) is 18.3 Å². The molecule has 32 heavy (non-hydrogen) atoms. The van der Waals surface area contributed by atoms with Crippen molar-refractivity contribution in [1.82, 2.24) is 14.8 Å². The van der Waals surface area contributed by atoms with Crippen molar-refractivity contribution in [3.8, 4) is 11.3 Å². The molecule has 0 unspecified atom stereocenters. The summed E-state index contributed by atoms with van der Waals surface area (Å²) in [5, 5.41) is 4.12. The summed E-state index contributed by atoms with van der Waals surface area (Å²) in [7, 11) is 3.17. The molecule has 0 amide bonds. The molecule has 0 N–H and O–H groups in total. The lowest BCUT2D eigenvalue weighted by Gasteiger charge is -2.32. The van der Waals surface area contributed by atoms with Gasteiger partial charge in [-0.15, -0.1) is 0 Å². The number of anilines is 1. The van der Waals surface area contributed by atoms with Crippen molar-refractivity contribution in [2.75, 3.05) is 11.9 Å². The van der Waals surface area contributed by atoms with Crippen LogP contribution < -0.4 is 4.90 Å². The molecule has 4 rings (SSSR count). The van der Waals surface area contributed by atoms with Crippen molar-refractivity contribution in [3.63, 3.8) is 0 Å². The third-order valence-corrected chi connectivity index (χ3v) is 6.24. The molecule has 0 saturated heterocycles. The Hall–Kier alpha value is -2.78. The number of benzene rings is 1. The molecule has 1 fully saturated rings. The third kappa shape index (κ3) is 3.59. The Balaban J connectivity index is 1.88. The van der Waals surface area contributed by atoms with Gasteiger partial charge in [-0.05, 0) is 25.8 Å². The van der Waals surface area contributed by atoms with E-state index in [1.54, 1.807) is 11.9 Å². The van der Waals surface area contributed by atoms with E-state index < -0.39 is 40.3 Å². The highest BCUT2D eigenvalue weighted by Crippen LogP contribution is 2.40. The number of nitrogens with zero attached hydrogens (tertiary/aromatic N) is 4. The van der Waals surface area contributed by atoms with E-state index in [0.29, 0.717) is 6.07 Å². The average Bonchev–Trinajstić information content (AvgIpc) is 3.08. The van der Waals surface area contributed by atoms with Gasteiger partial charge in [0.25, 0.3) is 0 Å². The highest BCUT2D eigenvalue weighted by molar-refractivity contribution is 5.94. The van der Waals surface area contributed by atoms with Crippen molar-refractivity contribution in [2.24, 2.45) is 7.05 Å². The van der Waals surface area contributed by atoms with Gasteiger partial charge in [0.05, 0.1) is 5.56 Å². The SMILES string of the molecule is Cc1c(F)c(-c2nn(C)c3c(F)c(N(C)C4CCCCC4)ncc23)cc(C(F)(F)F)c1F. The second-order valence-corrected chi connectivity index (χ2v) is 8.26. The summed E-state index contributed by atoms with van der Waals surface area (Å²) in [5.74, 6) is -3.45. The number of pyridine rings is 1. The van der Waals surface area contributed by atoms with Crippen LogP contribution >= 0.6 is 0 Å². The number of hydrogen-bond donors (Lipinski definition) is 0. The van der Waals surface area contributed by atoms with Crippen LogP contribution in [0.3, 0.4) is 0 Å². The largest absolute Gasteiger partial charge is 0.419 e. The minimum atomic E-state index is -5.03. The molecule has 1 aliphatic carbocycles. The maximum absolute atomic E-state index is 15.5. The molecule has 0 radical (unpaired) electrons. The second-order valence-electron chi connectivity index (χ2n) is 8.26. The van der Waals surface area contributed by atoms with Gasteiger partial charge >= 0.3 is 6.18 Å². The first kappa shape index (κ1) is 22.4. The van der Waals surface area contributed by atoms with Gasteiger partial charge in [-0.1, -0.05) is 19.3 Å². The van der Waals surface area contributed by atoms with Crippen molar-refractivity contribution in [3.05, 3.63) is 40.8 Å². The first-order chi connectivity index (χ1) is 15.0. The number of aryl methyl sites for hydroxylation is 1. The number of aromatic nitrogens is 3. The van der Waals surface area contributed by atoms with Crippen LogP contribution in [0.5, 0.6) is 0 Å². The van der Waals surface area contributed by atoms with Gasteiger partial charge in [0.1, 0.15) is 22.8 Å². The summed E-state index contributed by atoms with van der Waals surface area (Å²) in [6.07, 6.45) is 1.28. The Morgan fingerprint density at radius 1 is 1.03 bits per heavy atom. The van der Waals surface area contributed by atoms with E-state index in [4.69, 9.17) is 0 Å². The molecule has 2 aromatic heterocycles. The third-order valence-electron chi connectivity index (χ3n) is 6.24. The van der Waals surface area contributed by atoms with Crippen LogP contribution in [0.25, 0.3) is 22.2 Å². The molecule has 3 aromatic rings. The first-order valence-corrected chi connectivity index (χ1v) is 10.3. The van der Waals surface area contributed by atoms with Gasteiger partial charge in [-0.3, -0.25) is 4.68 Å². The number of fused-ring (bicyclic) bond motifs is 1. The predicted molar refractivity (Wildman–Crippen MR) is 109 cm³/mol. The molecule has 0 bridgehead atoms. The topological polar surface area (TPSA) is 34.0 Å². The number of halogens is 6. The van der Waals surface area contributed by atoms with Gasteiger partial charge in [0.15, 0.2) is 11.6 Å². The van der Waals surface area contributed by atoms with Crippen LogP contribution in [0.15, 0.2) is 12.3 Å². The van der Waals surface area contributed by atoms with Crippen LogP contribution in [0.1, 0.15) is 43.2 Å². The van der Waals surface area contributed by atoms with Crippen LogP contribution in [0.2, 0.25) is 0 Å². The molecule has 1 aliphatic rings. The smallest absolute Gasteiger partial charge is 0.354 e. The standard InChI is InChI=1S/C22H22F6N4/c1-11-16(23)13(9-15(17(11)24)22(26,27)28)19-14-10-29-21(18(25)20(14)32(3)30-19)31(2)12-7-5-4-6-8-12/h9-10,12H,4-8H2,1-3H3. The van der Waals surface area contributed by atoms with Gasteiger partial charge < -0.3 is 4.90 Å². The van der Waals surface area contributed by atoms with Crippen LogP contribution in [0, 0.1) is 24.4 Å². The maximum Gasteiger partial charge on any atom is 0.419 e. The maximum atomic E-state index is 15.5. The lowest BCUT2D eigenvalue weighted by Crippen LogP contribution is -2.34. The average molecular weight is 456 g/mol. The van der Waals surface area contributed by atoms with Gasteiger partial charge in [0, 0.05) is 42.8 Å². The molecular weight excluding hydrogens is 434 g/mol. The highest BCUT2D eigenvalue weighted by Gasteiger charge is 2.37. The van der Waals surface area contributed by atoms with Gasteiger partial charge in [-0.25, -0.2) is 18.2 Å². The van der Waals surface area contributed by atoms with E-state index in [1.807, 2.05) is 0 Å². The second kappa shape index (κ2) is 7.97. The molecule has 0 spiro atoms. The van der Waals surface area contributed by atoms with Crippen molar-refractivity contribution in [1.29, 1.82) is 0 Å². The summed E-state index contributed by atoms with van der Waals surface area (Å²) < 4.78 is 85.4. The molecule has 172 valence electrons. The van der Waals surface area contributed by atoms with E-state index in [1.165, 1.54) is 13.2 Å². The number of alkyl halides is 3. The molecule has 2 heterocycles. The monoisotopic (exact) mass is 456 g/mol. The van der Waals surface area contributed by atoms with E-state index >= 15 is 4.39 Å². The lowest BCUT2D eigenvalue weighted by molar-refractivity contribution is -0.140. The highest BCUT2D eigenvalue weighted by atomic mass is 19.4. The lowest BCUT2D eigenvalue weighted by atomic mass is 9.94. The van der Waals surface area contributed by atoms with E-state index in [0.717, 1.165) is 43.7 Å². The quantitative estimate of drug-likeness (QED) is 0.444. The van der Waals surface area contributed by atoms with E-state index in [-0.39, 0.29) is 28.5 Å². The molecule has 10 heteroatoms. The summed E-state index contributed by atoms with van der Waals surface area (Å²) in [6, 6.07) is 0.502. The molecule has 1 saturated carbocycles. The van der Waals surface area contributed by atoms with E-state index in [2.05, 4.69) is 10.1 Å². The van der Waals surface area contributed by atoms with Crippen LogP contribution in [0.4, 0.5) is 32.2 Å². The Kier molecular flexibility index (Phi) is 5.58. The van der Waals surface area contributed by atoms with Crippen molar-refractivity contribution in [2.45, 2.75) is 51.2 Å². The normalized spacial score (nSPS) is 15.5. The molecule has 0 aliphatic heterocycles. The molecular formula is C22H22F6N4. The molecule has 4 nitrogen and oxygen atoms in total. The molecule has 0 atom stereocenters. The fraction of sp³-hybridized carbons (Fsp3) is 0.455. The van der Waals surface area contributed by atoms with Gasteiger partial charge in [0.2, 0.25) is 0 Å². The van der Waals surface area contributed by atoms with Crippen LogP contribution in [-0.2, 0) is 13.2 Å². The zero-order valence-electron chi connectivity index (χ0n) is 17.8. The Morgan fingerprint density at radius 2 is 1.69 bits per heavy atom. The summed E-state index contributed by atoms with van der Waals surface area (Å²) in [5.41, 5.74) is -3.19. The zero-order valence-corrected chi connectivity index (χ0v) is 17.8. The summed E-state index contributed by atoms with van der Waals surface area (Å²) in [6.45, 7) is 0.921. The summed E-state index contributed by atoms with van der Waals surface area (Å²) in [4.78, 5) is 5.97. The Bertz CT molecular complexity index is 1180. The fourth-order valence-corrected chi connectivity index (χ4v) is 4.45. The predicted octanol–water partition coefficient (Wildman–Crippen LogP) is 6.15. The van der Waals surface area contributed by atoms with E-state index in [9.17, 15) is 22.0 Å². The van der Waals surface area contributed by atoms with Crippen molar-refractivity contribution < 1.29 is 26.3 Å². The summed E-state index contributed by atoms with van der Waals surface area (Å²) >= 11 is 0. The Labute approximate surface area is 180 Å². The number of hydrogen-bond acceptors (Lipinski definition) is 3. The number of rotatable bonds is 3.